The van der Waals surface area contributed by atoms with Gasteiger partial charge in [0, 0.05) is 18.8 Å². The minimum Gasteiger partial charge on any atom is -0.399 e. The van der Waals surface area contributed by atoms with Crippen molar-refractivity contribution in [3.63, 3.8) is 0 Å². The van der Waals surface area contributed by atoms with Crippen LogP contribution < -0.4 is 10.5 Å². The van der Waals surface area contributed by atoms with Gasteiger partial charge in [0.25, 0.3) is 0 Å². The molecule has 8 heteroatoms. The third kappa shape index (κ3) is 4.23. The molecule has 0 amide bonds. The number of halogens is 2. The van der Waals surface area contributed by atoms with Crippen molar-refractivity contribution in [1.29, 1.82) is 0 Å². The first kappa shape index (κ1) is 16.8. The topological polar surface area (TPSA) is 75.4 Å². The molecule has 0 radical (unpaired) electrons. The van der Waals surface area contributed by atoms with E-state index in [9.17, 15) is 8.42 Å². The SMILES string of the molecule is CN1CCCC(CNS(=O)(=O)c2c(Cl)cc(N)cc2Cl)C1. The number of piperidine rings is 1. The number of anilines is 1. The molecule has 1 heterocycles. The van der Waals surface area contributed by atoms with Gasteiger partial charge < -0.3 is 10.6 Å². The van der Waals surface area contributed by atoms with Gasteiger partial charge in [0.2, 0.25) is 10.0 Å². The summed E-state index contributed by atoms with van der Waals surface area (Å²) in [6, 6.07) is 2.77. The Morgan fingerprint density at radius 1 is 1.38 bits per heavy atom. The molecule has 1 aliphatic rings. The smallest absolute Gasteiger partial charge is 0.243 e. The lowest BCUT2D eigenvalue weighted by Crippen LogP contribution is -2.39. The Morgan fingerprint density at radius 3 is 2.57 bits per heavy atom. The first-order valence-electron chi connectivity index (χ1n) is 6.72. The van der Waals surface area contributed by atoms with Crippen molar-refractivity contribution in [3.8, 4) is 0 Å². The van der Waals surface area contributed by atoms with Crippen LogP contribution in [0.25, 0.3) is 0 Å². The minimum atomic E-state index is -3.74. The highest BCUT2D eigenvalue weighted by Gasteiger charge is 2.24. The number of benzene rings is 1. The summed E-state index contributed by atoms with van der Waals surface area (Å²) in [4.78, 5) is 2.09. The molecular weight excluding hydrogens is 333 g/mol. The maximum Gasteiger partial charge on any atom is 0.243 e. The minimum absolute atomic E-state index is 0.0354. The van der Waals surface area contributed by atoms with Crippen LogP contribution in [-0.2, 0) is 10.0 Å². The molecule has 1 aromatic rings. The molecule has 3 N–H and O–H groups in total. The third-order valence-electron chi connectivity index (χ3n) is 3.57. The average Bonchev–Trinajstić information content (AvgIpc) is 2.35. The third-order valence-corrected chi connectivity index (χ3v) is 5.92. The van der Waals surface area contributed by atoms with E-state index >= 15 is 0 Å². The van der Waals surface area contributed by atoms with Crippen LogP contribution in [-0.4, -0.2) is 40.0 Å². The number of hydrogen-bond donors (Lipinski definition) is 2. The van der Waals surface area contributed by atoms with E-state index in [4.69, 9.17) is 28.9 Å². The fourth-order valence-electron chi connectivity index (χ4n) is 2.58. The summed E-state index contributed by atoms with van der Waals surface area (Å²) in [5.74, 6) is 0.296. The predicted molar refractivity (Wildman–Crippen MR) is 86.3 cm³/mol. The highest BCUT2D eigenvalue weighted by atomic mass is 35.5. The number of hydrogen-bond acceptors (Lipinski definition) is 4. The number of nitrogens with one attached hydrogen (secondary N) is 1. The monoisotopic (exact) mass is 351 g/mol. The summed E-state index contributed by atoms with van der Waals surface area (Å²) in [5.41, 5.74) is 5.92. The normalized spacial score (nSPS) is 20.6. The molecule has 2 rings (SSSR count). The van der Waals surface area contributed by atoms with Gasteiger partial charge >= 0.3 is 0 Å². The standard InChI is InChI=1S/C13H19Cl2N3O2S/c1-18-4-2-3-9(8-18)7-17-21(19,20)13-11(14)5-10(16)6-12(13)15/h5-6,9,17H,2-4,7-8,16H2,1H3. The largest absolute Gasteiger partial charge is 0.399 e. The zero-order chi connectivity index (χ0) is 15.6. The van der Waals surface area contributed by atoms with Gasteiger partial charge in [0.1, 0.15) is 4.90 Å². The van der Waals surface area contributed by atoms with Crippen LogP contribution in [0.1, 0.15) is 12.8 Å². The molecule has 1 unspecified atom stereocenters. The maximum atomic E-state index is 12.4. The molecule has 0 saturated carbocycles. The molecule has 21 heavy (non-hydrogen) atoms. The Hall–Kier alpha value is -0.530. The number of nitrogens with zero attached hydrogens (tertiary/aromatic N) is 1. The lowest BCUT2D eigenvalue weighted by molar-refractivity contribution is 0.211. The molecule has 1 aromatic carbocycles. The van der Waals surface area contributed by atoms with Gasteiger partial charge in [-0.2, -0.15) is 0 Å². The number of nitrogen functional groups attached to an aromatic ring is 1. The fraction of sp³-hybridized carbons (Fsp3) is 0.538. The van der Waals surface area contributed by atoms with Crippen molar-refractivity contribution in [2.45, 2.75) is 17.7 Å². The molecule has 1 atom stereocenters. The number of likely N-dealkylation sites (tertiary alicyclic amines) is 1. The molecule has 5 nitrogen and oxygen atoms in total. The van der Waals surface area contributed by atoms with Crippen LogP contribution in [0.5, 0.6) is 0 Å². The highest BCUT2D eigenvalue weighted by molar-refractivity contribution is 7.89. The molecule has 1 saturated heterocycles. The lowest BCUT2D eigenvalue weighted by atomic mass is 9.99. The molecule has 0 aromatic heterocycles. The molecule has 1 aliphatic heterocycles. The van der Waals surface area contributed by atoms with Crippen molar-refractivity contribution in [2.24, 2.45) is 5.92 Å². The predicted octanol–water partition coefficient (Wildman–Crippen LogP) is 2.20. The van der Waals surface area contributed by atoms with Gasteiger partial charge in [-0.05, 0) is 44.5 Å². The summed E-state index contributed by atoms with van der Waals surface area (Å²) in [6.45, 7) is 2.31. The maximum absolute atomic E-state index is 12.4. The molecule has 0 bridgehead atoms. The summed E-state index contributed by atoms with van der Waals surface area (Å²) < 4.78 is 27.4. The van der Waals surface area contributed by atoms with Crippen molar-refractivity contribution in [1.82, 2.24) is 9.62 Å². The lowest BCUT2D eigenvalue weighted by Gasteiger charge is -2.29. The second-order valence-electron chi connectivity index (χ2n) is 5.44. The summed E-state index contributed by atoms with van der Waals surface area (Å²) in [7, 11) is -1.71. The van der Waals surface area contributed by atoms with E-state index in [0.29, 0.717) is 18.2 Å². The Morgan fingerprint density at radius 2 is 2.00 bits per heavy atom. The van der Waals surface area contributed by atoms with Crippen molar-refractivity contribution in [3.05, 3.63) is 22.2 Å². The van der Waals surface area contributed by atoms with Crippen molar-refractivity contribution < 1.29 is 8.42 Å². The van der Waals surface area contributed by atoms with E-state index in [2.05, 4.69) is 9.62 Å². The fourth-order valence-corrected chi connectivity index (χ4v) is 4.92. The van der Waals surface area contributed by atoms with Crippen molar-refractivity contribution >= 4 is 38.9 Å². The van der Waals surface area contributed by atoms with E-state index in [1.54, 1.807) is 0 Å². The van der Waals surface area contributed by atoms with Crippen LogP contribution >= 0.6 is 23.2 Å². The van der Waals surface area contributed by atoms with E-state index in [1.165, 1.54) is 12.1 Å². The first-order chi connectivity index (χ1) is 9.79. The second kappa shape index (κ2) is 6.71. The number of nitrogens with two attached hydrogens (primary N) is 1. The molecular formula is C13H19Cl2N3O2S. The summed E-state index contributed by atoms with van der Waals surface area (Å²) >= 11 is 11.9. The van der Waals surface area contributed by atoms with Gasteiger partial charge in [-0.25, -0.2) is 13.1 Å². The van der Waals surface area contributed by atoms with E-state index in [1.807, 2.05) is 7.05 Å². The van der Waals surface area contributed by atoms with Crippen LogP contribution in [0.15, 0.2) is 17.0 Å². The van der Waals surface area contributed by atoms with E-state index < -0.39 is 10.0 Å². The van der Waals surface area contributed by atoms with Crippen LogP contribution in [0.4, 0.5) is 5.69 Å². The molecule has 118 valence electrons. The summed E-state index contributed by atoms with van der Waals surface area (Å²) in [6.07, 6.45) is 2.09. The Bertz CT molecular complexity index is 599. The van der Waals surface area contributed by atoms with E-state index in [-0.39, 0.29) is 14.9 Å². The Labute approximate surface area is 135 Å². The Balaban J connectivity index is 2.12. The van der Waals surface area contributed by atoms with Crippen LogP contribution in [0.3, 0.4) is 0 Å². The van der Waals surface area contributed by atoms with Gasteiger partial charge in [0.15, 0.2) is 0 Å². The van der Waals surface area contributed by atoms with Crippen LogP contribution in [0, 0.1) is 5.92 Å². The van der Waals surface area contributed by atoms with Gasteiger partial charge in [-0.1, -0.05) is 23.2 Å². The Kier molecular flexibility index (Phi) is 5.38. The average molecular weight is 352 g/mol. The van der Waals surface area contributed by atoms with Gasteiger partial charge in [-0.3, -0.25) is 0 Å². The number of sulfonamides is 1. The highest BCUT2D eigenvalue weighted by Crippen LogP contribution is 2.31. The zero-order valence-corrected chi connectivity index (χ0v) is 14.1. The zero-order valence-electron chi connectivity index (χ0n) is 11.8. The van der Waals surface area contributed by atoms with Crippen LogP contribution in [0.2, 0.25) is 10.0 Å². The number of rotatable bonds is 4. The molecule has 1 fully saturated rings. The second-order valence-corrected chi connectivity index (χ2v) is 7.95. The van der Waals surface area contributed by atoms with Gasteiger partial charge in [-0.15, -0.1) is 0 Å². The molecule has 0 aliphatic carbocycles. The quantitative estimate of drug-likeness (QED) is 0.815. The summed E-state index contributed by atoms with van der Waals surface area (Å²) in [5, 5.41) is 0.0709. The van der Waals surface area contributed by atoms with E-state index in [0.717, 1.165) is 25.9 Å². The first-order valence-corrected chi connectivity index (χ1v) is 8.96. The molecule has 0 spiro atoms. The van der Waals surface area contributed by atoms with Gasteiger partial charge in [0.05, 0.1) is 10.0 Å². The van der Waals surface area contributed by atoms with Crippen molar-refractivity contribution in [2.75, 3.05) is 32.4 Å².